The molecule has 0 spiro atoms. The first-order valence-electron chi connectivity index (χ1n) is 6.05. The largest absolute Gasteiger partial charge is 0.442 e. The van der Waals surface area contributed by atoms with Crippen molar-refractivity contribution in [3.8, 4) is 0 Å². The highest BCUT2D eigenvalue weighted by atomic mass is 16.6. The van der Waals surface area contributed by atoms with E-state index in [-0.39, 0.29) is 12.3 Å². The lowest BCUT2D eigenvalue weighted by Crippen LogP contribution is -2.27. The minimum atomic E-state index is -0.674. The molecule has 0 fully saturated rings. The number of nitrogens with one attached hydrogen (secondary N) is 1. The lowest BCUT2D eigenvalue weighted by molar-refractivity contribution is -0.115. The molecule has 0 aromatic heterocycles. The lowest BCUT2D eigenvalue weighted by atomic mass is 10.0. The number of fused-ring (bicyclic) bond motifs is 1. The number of aliphatic imine (C=N–C) groups is 1. The highest BCUT2D eigenvalue weighted by molar-refractivity contribution is 6.22. The van der Waals surface area contributed by atoms with Crippen molar-refractivity contribution in [1.29, 1.82) is 0 Å². The number of carbonyl (C=O) groups excluding carboxylic acids is 2. The average Bonchev–Trinajstić information content (AvgIpc) is 2.25. The summed E-state index contributed by atoms with van der Waals surface area (Å²) in [5.74, 6) is -0.180. The molecular formula is C14H16N2O3. The molecule has 2 rings (SSSR count). The van der Waals surface area contributed by atoms with Gasteiger partial charge >= 0.3 is 6.09 Å². The van der Waals surface area contributed by atoms with Gasteiger partial charge in [-0.05, 0) is 26.8 Å². The average molecular weight is 260 g/mol. The fraction of sp³-hybridized carbons (Fsp3) is 0.357. The van der Waals surface area contributed by atoms with Crippen molar-refractivity contribution < 1.29 is 14.3 Å². The van der Waals surface area contributed by atoms with Gasteiger partial charge in [0.05, 0.1) is 12.1 Å². The van der Waals surface area contributed by atoms with Crippen molar-refractivity contribution in [2.75, 3.05) is 5.32 Å². The first-order chi connectivity index (χ1) is 8.85. The maximum Gasteiger partial charge on any atom is 0.434 e. The number of hydrogen-bond acceptors (Lipinski definition) is 3. The number of nitrogens with zero attached hydrogens (tertiary/aromatic N) is 1. The molecule has 0 unspecified atom stereocenters. The van der Waals surface area contributed by atoms with Crippen LogP contribution in [0.3, 0.4) is 0 Å². The summed E-state index contributed by atoms with van der Waals surface area (Å²) in [5, 5.41) is 2.74. The van der Waals surface area contributed by atoms with Gasteiger partial charge in [-0.25, -0.2) is 4.79 Å². The standard InChI is InChI=1S/C14H16N2O3/c1-14(2,3)19-13(18)16-11-8-12(17)15-10-7-5-4-6-9(10)11/h4-7H,8H2,1-3H3,(H,15,17)/b16-11+. The molecule has 0 aliphatic carbocycles. The predicted molar refractivity (Wildman–Crippen MR) is 72.5 cm³/mol. The van der Waals surface area contributed by atoms with Crippen LogP contribution in [0.15, 0.2) is 29.3 Å². The second-order valence-corrected chi connectivity index (χ2v) is 5.31. The Hall–Kier alpha value is -2.17. The molecule has 100 valence electrons. The Bertz CT molecular complexity index is 556. The zero-order valence-corrected chi connectivity index (χ0v) is 11.2. The molecule has 1 N–H and O–H groups in total. The van der Waals surface area contributed by atoms with E-state index in [4.69, 9.17) is 4.74 Å². The Morgan fingerprint density at radius 2 is 2.00 bits per heavy atom. The molecule has 0 radical (unpaired) electrons. The molecule has 0 saturated heterocycles. The van der Waals surface area contributed by atoms with Crippen molar-refractivity contribution >= 4 is 23.4 Å². The molecule has 0 bridgehead atoms. The number of rotatable bonds is 0. The molecule has 1 aromatic carbocycles. The van der Waals surface area contributed by atoms with Gasteiger partial charge in [-0.15, -0.1) is 0 Å². The number of benzene rings is 1. The van der Waals surface area contributed by atoms with E-state index in [1.807, 2.05) is 18.2 Å². The van der Waals surface area contributed by atoms with Gasteiger partial charge in [0.1, 0.15) is 5.60 Å². The summed E-state index contributed by atoms with van der Waals surface area (Å²) in [4.78, 5) is 27.2. The van der Waals surface area contributed by atoms with Crippen LogP contribution in [0, 0.1) is 0 Å². The zero-order chi connectivity index (χ0) is 14.0. The van der Waals surface area contributed by atoms with E-state index >= 15 is 0 Å². The molecule has 1 heterocycles. The Morgan fingerprint density at radius 3 is 2.68 bits per heavy atom. The van der Waals surface area contributed by atoms with Crippen molar-refractivity contribution in [3.63, 3.8) is 0 Å². The van der Waals surface area contributed by atoms with Crippen LogP contribution in [0.4, 0.5) is 10.5 Å². The maximum absolute atomic E-state index is 11.7. The zero-order valence-electron chi connectivity index (χ0n) is 11.2. The van der Waals surface area contributed by atoms with Crippen LogP contribution in [0.5, 0.6) is 0 Å². The van der Waals surface area contributed by atoms with E-state index in [1.165, 1.54) is 0 Å². The topological polar surface area (TPSA) is 67.8 Å². The summed E-state index contributed by atoms with van der Waals surface area (Å²) < 4.78 is 5.13. The summed E-state index contributed by atoms with van der Waals surface area (Å²) in [6, 6.07) is 7.24. The van der Waals surface area contributed by atoms with Crippen molar-refractivity contribution in [2.24, 2.45) is 4.99 Å². The molecule has 19 heavy (non-hydrogen) atoms. The molecular weight excluding hydrogens is 244 g/mol. The van der Waals surface area contributed by atoms with E-state index in [1.54, 1.807) is 26.8 Å². The van der Waals surface area contributed by atoms with Crippen LogP contribution in [0.2, 0.25) is 0 Å². The third kappa shape index (κ3) is 3.40. The summed E-state index contributed by atoms with van der Waals surface area (Å²) in [5.41, 5.74) is 1.26. The van der Waals surface area contributed by atoms with E-state index in [9.17, 15) is 9.59 Å². The normalized spacial score (nSPS) is 16.8. The summed E-state index contributed by atoms with van der Waals surface area (Å²) >= 11 is 0. The van der Waals surface area contributed by atoms with Crippen LogP contribution in [0.25, 0.3) is 0 Å². The highest BCUT2D eigenvalue weighted by Crippen LogP contribution is 2.23. The monoisotopic (exact) mass is 260 g/mol. The second-order valence-electron chi connectivity index (χ2n) is 5.31. The van der Waals surface area contributed by atoms with Crippen LogP contribution < -0.4 is 5.32 Å². The molecule has 0 saturated carbocycles. The fourth-order valence-electron chi connectivity index (χ4n) is 1.78. The third-order valence-corrected chi connectivity index (χ3v) is 2.46. The molecule has 5 heteroatoms. The Balaban J connectivity index is 2.30. The van der Waals surface area contributed by atoms with Crippen LogP contribution in [-0.4, -0.2) is 23.3 Å². The predicted octanol–water partition coefficient (Wildman–Crippen LogP) is 2.75. The van der Waals surface area contributed by atoms with Crippen LogP contribution in [-0.2, 0) is 9.53 Å². The van der Waals surface area contributed by atoms with Gasteiger partial charge in [0.25, 0.3) is 0 Å². The lowest BCUT2D eigenvalue weighted by Gasteiger charge is -2.20. The van der Waals surface area contributed by atoms with Gasteiger partial charge in [-0.3, -0.25) is 4.79 Å². The van der Waals surface area contributed by atoms with Gasteiger partial charge < -0.3 is 10.1 Å². The number of ether oxygens (including phenoxy) is 1. The quantitative estimate of drug-likeness (QED) is 0.779. The SMILES string of the molecule is CC(C)(C)OC(=O)/N=C1\CC(=O)Nc2ccccc21. The Morgan fingerprint density at radius 1 is 1.32 bits per heavy atom. The van der Waals surface area contributed by atoms with Crippen LogP contribution >= 0.6 is 0 Å². The smallest absolute Gasteiger partial charge is 0.434 e. The first-order valence-corrected chi connectivity index (χ1v) is 6.05. The molecule has 0 atom stereocenters. The van der Waals surface area contributed by atoms with E-state index < -0.39 is 11.7 Å². The van der Waals surface area contributed by atoms with Gasteiger partial charge in [0, 0.05) is 11.3 Å². The van der Waals surface area contributed by atoms with Gasteiger partial charge in [0.2, 0.25) is 5.91 Å². The summed E-state index contributed by atoms with van der Waals surface area (Å²) in [7, 11) is 0. The number of anilines is 1. The number of para-hydroxylation sites is 1. The van der Waals surface area contributed by atoms with Gasteiger partial charge in [0.15, 0.2) is 0 Å². The molecule has 2 amide bonds. The van der Waals surface area contributed by atoms with E-state index in [2.05, 4.69) is 10.3 Å². The highest BCUT2D eigenvalue weighted by Gasteiger charge is 2.23. The molecule has 1 aliphatic rings. The Kier molecular flexibility index (Phi) is 3.38. The minimum absolute atomic E-state index is 0.0796. The van der Waals surface area contributed by atoms with Crippen molar-refractivity contribution in [3.05, 3.63) is 29.8 Å². The van der Waals surface area contributed by atoms with Gasteiger partial charge in [-0.2, -0.15) is 4.99 Å². The Labute approximate surface area is 111 Å². The third-order valence-electron chi connectivity index (χ3n) is 2.46. The first kappa shape index (κ1) is 13.3. The van der Waals surface area contributed by atoms with Crippen LogP contribution in [0.1, 0.15) is 32.8 Å². The maximum atomic E-state index is 11.7. The number of hydrogen-bond donors (Lipinski definition) is 1. The molecule has 5 nitrogen and oxygen atoms in total. The number of amides is 2. The molecule has 1 aromatic rings. The molecule has 1 aliphatic heterocycles. The van der Waals surface area contributed by atoms with E-state index in [0.717, 1.165) is 5.56 Å². The number of carbonyl (C=O) groups is 2. The van der Waals surface area contributed by atoms with Crippen molar-refractivity contribution in [2.45, 2.75) is 32.8 Å². The summed E-state index contributed by atoms with van der Waals surface area (Å²) in [6.45, 7) is 5.31. The summed E-state index contributed by atoms with van der Waals surface area (Å²) in [6.07, 6.45) is -0.594. The van der Waals surface area contributed by atoms with Gasteiger partial charge in [-0.1, -0.05) is 18.2 Å². The van der Waals surface area contributed by atoms with E-state index in [0.29, 0.717) is 11.4 Å². The minimum Gasteiger partial charge on any atom is -0.442 e. The van der Waals surface area contributed by atoms with Crippen molar-refractivity contribution in [1.82, 2.24) is 0 Å². The second kappa shape index (κ2) is 4.84. The fourth-order valence-corrected chi connectivity index (χ4v) is 1.78.